The Balaban J connectivity index is 1.27. The first-order valence-corrected chi connectivity index (χ1v) is 14.1. The lowest BCUT2D eigenvalue weighted by atomic mass is 10.0. The number of hydrogen-bond acceptors (Lipinski definition) is 4. The predicted octanol–water partition coefficient (Wildman–Crippen LogP) is 6.17. The zero-order valence-electron chi connectivity index (χ0n) is 21.9. The second-order valence-corrected chi connectivity index (χ2v) is 10.4. The van der Waals surface area contributed by atoms with Gasteiger partial charge in [0.1, 0.15) is 5.70 Å². The number of carbonyl (C=O) groups is 3. The molecule has 0 unspecified atom stereocenters. The molecule has 0 atom stereocenters. The van der Waals surface area contributed by atoms with E-state index in [1.54, 1.807) is 36.4 Å². The van der Waals surface area contributed by atoms with Crippen molar-refractivity contribution < 1.29 is 14.4 Å². The quantitative estimate of drug-likeness (QED) is 0.204. The summed E-state index contributed by atoms with van der Waals surface area (Å²) in [4.78, 5) is 42.0. The summed E-state index contributed by atoms with van der Waals surface area (Å²) in [6.07, 6.45) is 3.58. The number of thioether (sulfide) groups is 1. The summed E-state index contributed by atoms with van der Waals surface area (Å²) in [6, 6.07) is 33.5. The standard InChI is InChI=1S/C33H29N3O3S/c37-31(36-20-10-16-25-13-7-8-19-30(25)36)23-40-28-18-9-17-27(22-28)34-33(39)29(21-24-11-3-1-4-12-24)35-32(38)26-14-5-2-6-15-26/h1-9,11-15,17-19,21-22H,10,16,20,23H2,(H,34,39)(H,35,38)/b29-21-. The normalized spacial score (nSPS) is 12.8. The molecule has 5 rings (SSSR count). The van der Waals surface area contributed by atoms with E-state index in [1.807, 2.05) is 77.7 Å². The summed E-state index contributed by atoms with van der Waals surface area (Å²) in [5.41, 5.74) is 4.12. The van der Waals surface area contributed by atoms with E-state index in [0.717, 1.165) is 35.5 Å². The molecule has 7 heteroatoms. The van der Waals surface area contributed by atoms with Crippen LogP contribution in [-0.2, 0) is 16.0 Å². The first kappa shape index (κ1) is 27.0. The minimum absolute atomic E-state index is 0.0586. The van der Waals surface area contributed by atoms with Crippen molar-refractivity contribution in [3.63, 3.8) is 0 Å². The Morgan fingerprint density at radius 3 is 2.35 bits per heavy atom. The van der Waals surface area contributed by atoms with Crippen LogP contribution in [0.25, 0.3) is 6.08 Å². The van der Waals surface area contributed by atoms with E-state index in [0.29, 0.717) is 11.3 Å². The zero-order chi connectivity index (χ0) is 27.7. The molecule has 0 aromatic heterocycles. The molecule has 1 aliphatic rings. The van der Waals surface area contributed by atoms with Crippen LogP contribution in [0.2, 0.25) is 0 Å². The maximum Gasteiger partial charge on any atom is 0.272 e. The average Bonchev–Trinajstić information content (AvgIpc) is 3.00. The lowest BCUT2D eigenvalue weighted by Crippen LogP contribution is -2.36. The molecule has 0 fully saturated rings. The Morgan fingerprint density at radius 2 is 1.55 bits per heavy atom. The molecule has 1 heterocycles. The molecule has 0 radical (unpaired) electrons. The highest BCUT2D eigenvalue weighted by atomic mass is 32.2. The lowest BCUT2D eigenvalue weighted by Gasteiger charge is -2.29. The average molecular weight is 548 g/mol. The molecule has 0 spiro atoms. The van der Waals surface area contributed by atoms with E-state index in [2.05, 4.69) is 16.7 Å². The number of anilines is 2. The van der Waals surface area contributed by atoms with Gasteiger partial charge >= 0.3 is 0 Å². The van der Waals surface area contributed by atoms with Gasteiger partial charge in [-0.2, -0.15) is 0 Å². The largest absolute Gasteiger partial charge is 0.321 e. The van der Waals surface area contributed by atoms with Crippen molar-refractivity contribution in [2.24, 2.45) is 0 Å². The molecule has 0 bridgehead atoms. The molecular formula is C33H29N3O3S. The van der Waals surface area contributed by atoms with E-state index in [1.165, 1.54) is 17.3 Å². The van der Waals surface area contributed by atoms with Crippen LogP contribution >= 0.6 is 11.8 Å². The fraction of sp³-hybridized carbons (Fsp3) is 0.121. The SMILES string of the molecule is O=C(Nc1cccc(SCC(=O)N2CCCc3ccccc32)c1)/C(=C/c1ccccc1)NC(=O)c1ccccc1. The van der Waals surface area contributed by atoms with Gasteiger partial charge in [-0.3, -0.25) is 14.4 Å². The van der Waals surface area contributed by atoms with Gasteiger partial charge < -0.3 is 15.5 Å². The van der Waals surface area contributed by atoms with Crippen molar-refractivity contribution in [1.82, 2.24) is 5.32 Å². The smallest absolute Gasteiger partial charge is 0.272 e. The molecule has 4 aromatic carbocycles. The first-order valence-electron chi connectivity index (χ1n) is 13.1. The van der Waals surface area contributed by atoms with Gasteiger partial charge in [0.15, 0.2) is 0 Å². The van der Waals surface area contributed by atoms with Gasteiger partial charge in [0.25, 0.3) is 11.8 Å². The number of aryl methyl sites for hydroxylation is 1. The fourth-order valence-electron chi connectivity index (χ4n) is 4.54. The summed E-state index contributed by atoms with van der Waals surface area (Å²) >= 11 is 1.43. The second kappa shape index (κ2) is 13.0. The molecule has 3 amide bonds. The number of rotatable bonds is 8. The number of carbonyl (C=O) groups excluding carboxylic acids is 3. The molecule has 0 aliphatic carbocycles. The Kier molecular flexibility index (Phi) is 8.73. The van der Waals surface area contributed by atoms with Crippen LogP contribution < -0.4 is 15.5 Å². The third-order valence-electron chi connectivity index (χ3n) is 6.50. The molecular weight excluding hydrogens is 518 g/mol. The van der Waals surface area contributed by atoms with E-state index in [9.17, 15) is 14.4 Å². The Bertz CT molecular complexity index is 1540. The summed E-state index contributed by atoms with van der Waals surface area (Å²) < 4.78 is 0. The van der Waals surface area contributed by atoms with Gasteiger partial charge in [-0.15, -0.1) is 11.8 Å². The summed E-state index contributed by atoms with van der Waals surface area (Å²) in [6.45, 7) is 0.720. The summed E-state index contributed by atoms with van der Waals surface area (Å²) in [7, 11) is 0. The topological polar surface area (TPSA) is 78.5 Å². The number of nitrogens with zero attached hydrogens (tertiary/aromatic N) is 1. The lowest BCUT2D eigenvalue weighted by molar-refractivity contribution is -0.116. The van der Waals surface area contributed by atoms with Crippen molar-refractivity contribution in [2.75, 3.05) is 22.5 Å². The monoisotopic (exact) mass is 547 g/mol. The Hall–Kier alpha value is -4.62. The van der Waals surface area contributed by atoms with Crippen molar-refractivity contribution in [1.29, 1.82) is 0 Å². The van der Waals surface area contributed by atoms with Crippen molar-refractivity contribution in [3.8, 4) is 0 Å². The van der Waals surface area contributed by atoms with E-state index in [4.69, 9.17) is 0 Å². The van der Waals surface area contributed by atoms with Gasteiger partial charge in [-0.25, -0.2) is 0 Å². The van der Waals surface area contributed by atoms with Crippen LogP contribution in [0.3, 0.4) is 0 Å². The molecule has 0 saturated carbocycles. The number of nitrogens with one attached hydrogen (secondary N) is 2. The summed E-state index contributed by atoms with van der Waals surface area (Å²) in [5, 5.41) is 5.65. The third-order valence-corrected chi connectivity index (χ3v) is 7.48. The Morgan fingerprint density at radius 1 is 0.825 bits per heavy atom. The van der Waals surface area contributed by atoms with Crippen molar-refractivity contribution in [2.45, 2.75) is 17.7 Å². The van der Waals surface area contributed by atoms with E-state index >= 15 is 0 Å². The van der Waals surface area contributed by atoms with Crippen LogP contribution in [0.5, 0.6) is 0 Å². The van der Waals surface area contributed by atoms with Gasteiger partial charge in [0.2, 0.25) is 5.91 Å². The van der Waals surface area contributed by atoms with Gasteiger partial charge in [-0.05, 0) is 66.4 Å². The molecule has 2 N–H and O–H groups in total. The first-order chi connectivity index (χ1) is 19.6. The zero-order valence-corrected chi connectivity index (χ0v) is 22.7. The van der Waals surface area contributed by atoms with E-state index < -0.39 is 5.91 Å². The van der Waals surface area contributed by atoms with Crippen LogP contribution in [0.4, 0.5) is 11.4 Å². The fourth-order valence-corrected chi connectivity index (χ4v) is 5.37. The molecule has 4 aromatic rings. The third kappa shape index (κ3) is 6.87. The molecule has 40 heavy (non-hydrogen) atoms. The van der Waals surface area contributed by atoms with Gasteiger partial charge in [-0.1, -0.05) is 72.8 Å². The number of hydrogen-bond donors (Lipinski definition) is 2. The number of fused-ring (bicyclic) bond motifs is 1. The minimum atomic E-state index is -0.448. The number of benzene rings is 4. The highest BCUT2D eigenvalue weighted by Gasteiger charge is 2.22. The number of para-hydroxylation sites is 1. The van der Waals surface area contributed by atoms with Gasteiger partial charge in [0, 0.05) is 28.4 Å². The Labute approximate surface area is 238 Å². The van der Waals surface area contributed by atoms with Crippen LogP contribution in [0, 0.1) is 0 Å². The predicted molar refractivity (Wildman–Crippen MR) is 161 cm³/mol. The van der Waals surface area contributed by atoms with Crippen LogP contribution in [-0.4, -0.2) is 30.0 Å². The highest BCUT2D eigenvalue weighted by molar-refractivity contribution is 8.00. The van der Waals surface area contributed by atoms with Crippen molar-refractivity contribution >= 4 is 46.9 Å². The highest BCUT2D eigenvalue weighted by Crippen LogP contribution is 2.29. The number of amides is 3. The molecule has 6 nitrogen and oxygen atoms in total. The second-order valence-electron chi connectivity index (χ2n) is 9.34. The van der Waals surface area contributed by atoms with Crippen molar-refractivity contribution in [3.05, 3.63) is 132 Å². The molecule has 200 valence electrons. The molecule has 0 saturated heterocycles. The van der Waals surface area contributed by atoms with E-state index in [-0.39, 0.29) is 23.3 Å². The van der Waals surface area contributed by atoms with Crippen LogP contribution in [0.15, 0.2) is 120 Å². The summed E-state index contributed by atoms with van der Waals surface area (Å²) in [5.74, 6) is -0.475. The molecule has 1 aliphatic heterocycles. The van der Waals surface area contributed by atoms with Crippen LogP contribution in [0.1, 0.15) is 27.9 Å². The minimum Gasteiger partial charge on any atom is -0.321 e. The van der Waals surface area contributed by atoms with Gasteiger partial charge in [0.05, 0.1) is 5.75 Å². The maximum atomic E-state index is 13.3. The maximum absolute atomic E-state index is 13.3.